The van der Waals surface area contributed by atoms with E-state index < -0.39 is 0 Å². The first-order chi connectivity index (χ1) is 9.17. The van der Waals surface area contributed by atoms with Gasteiger partial charge in [-0.15, -0.1) is 11.3 Å². The van der Waals surface area contributed by atoms with Crippen LogP contribution < -0.4 is 10.5 Å². The van der Waals surface area contributed by atoms with Crippen LogP contribution in [-0.2, 0) is 4.79 Å². The highest BCUT2D eigenvalue weighted by atomic mass is 32.1. The number of ketones is 1. The second kappa shape index (κ2) is 5.62. The molecule has 2 rings (SSSR count). The number of thiazole rings is 1. The van der Waals surface area contributed by atoms with Crippen molar-refractivity contribution in [2.24, 2.45) is 5.73 Å². The number of pyridine rings is 1. The highest BCUT2D eigenvalue weighted by Crippen LogP contribution is 2.34. The van der Waals surface area contributed by atoms with Crippen molar-refractivity contribution < 1.29 is 9.53 Å². The van der Waals surface area contributed by atoms with E-state index in [0.29, 0.717) is 16.3 Å². The second-order valence-corrected chi connectivity index (χ2v) is 4.77. The summed E-state index contributed by atoms with van der Waals surface area (Å²) in [5, 5.41) is 0.593. The third kappa shape index (κ3) is 2.63. The number of carbonyl (C=O) groups excluding carboxylic acids is 1. The molecule has 2 heterocycles. The van der Waals surface area contributed by atoms with E-state index in [1.54, 1.807) is 31.8 Å². The van der Waals surface area contributed by atoms with Crippen LogP contribution in [0.5, 0.6) is 5.75 Å². The van der Waals surface area contributed by atoms with E-state index in [1.807, 2.05) is 0 Å². The van der Waals surface area contributed by atoms with Crippen LogP contribution in [-0.4, -0.2) is 22.9 Å². The number of nitrogens with two attached hydrogens (primary N) is 1. The molecule has 2 aromatic heterocycles. The number of hydrogen-bond acceptors (Lipinski definition) is 6. The van der Waals surface area contributed by atoms with Crippen molar-refractivity contribution in [1.82, 2.24) is 9.97 Å². The van der Waals surface area contributed by atoms with Gasteiger partial charge in [0.1, 0.15) is 10.8 Å². The molecule has 0 amide bonds. The van der Waals surface area contributed by atoms with Crippen molar-refractivity contribution in [3.63, 3.8) is 0 Å². The Hall–Kier alpha value is -2.21. The monoisotopic (exact) mass is 275 g/mol. The Morgan fingerprint density at radius 2 is 2.26 bits per heavy atom. The molecule has 19 heavy (non-hydrogen) atoms. The lowest BCUT2D eigenvalue weighted by atomic mass is 10.2. The molecule has 5 nitrogen and oxygen atoms in total. The molecule has 0 saturated heterocycles. The quantitative estimate of drug-likeness (QED) is 0.864. The van der Waals surface area contributed by atoms with Crippen LogP contribution in [0.25, 0.3) is 16.0 Å². The predicted octanol–water partition coefficient (Wildman–Crippen LogP) is 2.10. The zero-order chi connectivity index (χ0) is 13.8. The first-order valence-electron chi connectivity index (χ1n) is 5.54. The van der Waals surface area contributed by atoms with Crippen LogP contribution in [0.2, 0.25) is 0 Å². The first-order valence-corrected chi connectivity index (χ1v) is 6.36. The molecule has 0 atom stereocenters. The van der Waals surface area contributed by atoms with Crippen LogP contribution >= 0.6 is 11.3 Å². The van der Waals surface area contributed by atoms with Crippen molar-refractivity contribution in [3.8, 4) is 16.2 Å². The number of hydrogen-bond donors (Lipinski definition) is 1. The van der Waals surface area contributed by atoms with E-state index in [0.717, 1.165) is 10.4 Å². The molecular weight excluding hydrogens is 262 g/mol. The van der Waals surface area contributed by atoms with Crippen molar-refractivity contribution in [3.05, 3.63) is 35.9 Å². The number of carbonyl (C=O) groups is 1. The summed E-state index contributed by atoms with van der Waals surface area (Å²) in [6.45, 7) is 1.46. The molecular formula is C13H13N3O2S. The van der Waals surface area contributed by atoms with Gasteiger partial charge in [0.25, 0.3) is 0 Å². The van der Waals surface area contributed by atoms with E-state index in [9.17, 15) is 4.79 Å². The lowest BCUT2D eigenvalue weighted by molar-refractivity contribution is -0.111. The van der Waals surface area contributed by atoms with Crippen LogP contribution in [0.1, 0.15) is 11.9 Å². The Bertz CT molecular complexity index is 634. The van der Waals surface area contributed by atoms with E-state index in [1.165, 1.54) is 24.5 Å². The number of ether oxygens (including phenoxy) is 1. The van der Waals surface area contributed by atoms with Crippen LogP contribution in [0.15, 0.2) is 30.9 Å². The minimum absolute atomic E-state index is 0.110. The zero-order valence-corrected chi connectivity index (χ0v) is 11.4. The summed E-state index contributed by atoms with van der Waals surface area (Å²) < 4.78 is 5.28. The third-order valence-corrected chi connectivity index (χ3v) is 3.61. The average Bonchev–Trinajstić information content (AvgIpc) is 2.88. The fourth-order valence-electron chi connectivity index (χ4n) is 1.61. The minimum Gasteiger partial charge on any atom is -0.496 e. The molecule has 0 unspecified atom stereocenters. The molecule has 6 heteroatoms. The van der Waals surface area contributed by atoms with Gasteiger partial charge in [0, 0.05) is 24.8 Å². The fraction of sp³-hybridized carbons (Fsp3) is 0.154. The number of methoxy groups -OCH3 is 1. The Balaban J connectivity index is 2.44. The fourth-order valence-corrected chi connectivity index (χ4v) is 2.61. The second-order valence-electron chi connectivity index (χ2n) is 3.74. The summed E-state index contributed by atoms with van der Waals surface area (Å²) in [5.41, 5.74) is 6.71. The lowest BCUT2D eigenvalue weighted by Crippen LogP contribution is -1.98. The highest BCUT2D eigenvalue weighted by molar-refractivity contribution is 7.16. The molecule has 0 aliphatic rings. The summed E-state index contributed by atoms with van der Waals surface area (Å²) in [4.78, 5) is 20.6. The van der Waals surface area contributed by atoms with Crippen LogP contribution in [0.4, 0.5) is 0 Å². The Kier molecular flexibility index (Phi) is 3.91. The largest absolute Gasteiger partial charge is 0.496 e. The molecule has 0 aliphatic carbocycles. The number of rotatable bonds is 4. The van der Waals surface area contributed by atoms with Crippen LogP contribution in [0.3, 0.4) is 0 Å². The maximum atomic E-state index is 11.4. The summed E-state index contributed by atoms with van der Waals surface area (Å²) in [6, 6.07) is 1.78. The molecule has 0 saturated carbocycles. The maximum absolute atomic E-state index is 11.4. The van der Waals surface area contributed by atoms with Crippen molar-refractivity contribution in [1.29, 1.82) is 0 Å². The van der Waals surface area contributed by atoms with Gasteiger partial charge in [0.15, 0.2) is 5.78 Å². The van der Waals surface area contributed by atoms with Gasteiger partial charge in [0.05, 0.1) is 23.1 Å². The SMILES string of the molecule is COc1ccncc1-c1cnc(C(=CN)C(C)=O)s1. The van der Waals surface area contributed by atoms with E-state index in [4.69, 9.17) is 10.5 Å². The van der Waals surface area contributed by atoms with Gasteiger partial charge < -0.3 is 10.5 Å². The lowest BCUT2D eigenvalue weighted by Gasteiger charge is -2.04. The highest BCUT2D eigenvalue weighted by Gasteiger charge is 2.14. The number of aromatic nitrogens is 2. The van der Waals surface area contributed by atoms with Gasteiger partial charge >= 0.3 is 0 Å². The molecule has 2 N–H and O–H groups in total. The molecule has 0 radical (unpaired) electrons. The molecule has 0 spiro atoms. The molecule has 0 bridgehead atoms. The number of nitrogens with zero attached hydrogens (tertiary/aromatic N) is 2. The summed E-state index contributed by atoms with van der Waals surface area (Å²) >= 11 is 1.38. The van der Waals surface area contributed by atoms with E-state index in [-0.39, 0.29) is 5.78 Å². The summed E-state index contributed by atoms with van der Waals surface area (Å²) in [6.07, 6.45) is 6.33. The standard InChI is InChI=1S/C13H13N3O2S/c1-8(17)9(5-14)13-16-7-12(19-13)10-6-15-4-3-11(10)18-2/h3-7H,14H2,1-2H3. The Morgan fingerprint density at radius 3 is 2.89 bits per heavy atom. The molecule has 0 fully saturated rings. The van der Waals surface area contributed by atoms with Crippen molar-refractivity contribution in [2.45, 2.75) is 6.92 Å². The first kappa shape index (κ1) is 13.2. The molecule has 2 aromatic rings. The Morgan fingerprint density at radius 1 is 1.47 bits per heavy atom. The minimum atomic E-state index is -0.110. The smallest absolute Gasteiger partial charge is 0.164 e. The van der Waals surface area contributed by atoms with Gasteiger partial charge in [-0.3, -0.25) is 9.78 Å². The van der Waals surface area contributed by atoms with Gasteiger partial charge in [-0.25, -0.2) is 4.98 Å². The van der Waals surface area contributed by atoms with Gasteiger partial charge in [0.2, 0.25) is 0 Å². The number of Topliss-reactive ketones (excluding diaryl/α,β-unsaturated/α-hetero) is 1. The van der Waals surface area contributed by atoms with Gasteiger partial charge in [-0.1, -0.05) is 0 Å². The molecule has 0 aromatic carbocycles. The summed E-state index contributed by atoms with van der Waals surface area (Å²) in [7, 11) is 1.60. The van der Waals surface area contributed by atoms with E-state index >= 15 is 0 Å². The number of allylic oxidation sites excluding steroid dienone is 1. The maximum Gasteiger partial charge on any atom is 0.164 e. The molecule has 98 valence electrons. The molecule has 0 aliphatic heterocycles. The van der Waals surface area contributed by atoms with E-state index in [2.05, 4.69) is 9.97 Å². The van der Waals surface area contributed by atoms with Crippen LogP contribution in [0, 0.1) is 0 Å². The van der Waals surface area contributed by atoms with Gasteiger partial charge in [-0.05, 0) is 13.0 Å². The zero-order valence-electron chi connectivity index (χ0n) is 10.6. The Labute approximate surface area is 114 Å². The predicted molar refractivity (Wildman–Crippen MR) is 74.7 cm³/mol. The normalized spacial score (nSPS) is 11.4. The topological polar surface area (TPSA) is 78.1 Å². The van der Waals surface area contributed by atoms with Crippen molar-refractivity contribution in [2.75, 3.05) is 7.11 Å². The van der Waals surface area contributed by atoms with Crippen molar-refractivity contribution >= 4 is 22.7 Å². The average molecular weight is 275 g/mol. The summed E-state index contributed by atoms with van der Waals surface area (Å²) in [5.74, 6) is 0.604. The van der Waals surface area contributed by atoms with Gasteiger partial charge in [-0.2, -0.15) is 0 Å². The third-order valence-electron chi connectivity index (χ3n) is 2.55.